The molecule has 0 saturated carbocycles. The van der Waals surface area contributed by atoms with Gasteiger partial charge in [0.25, 0.3) is 0 Å². The standard InChI is InChI=1S/C8H17NO2/c10-7-4-2-1-3-5-9-6-8-11/h8-10H,1-7H2. The summed E-state index contributed by atoms with van der Waals surface area (Å²) in [5, 5.41) is 11.4. The number of rotatable bonds is 8. The van der Waals surface area contributed by atoms with Gasteiger partial charge < -0.3 is 15.2 Å². The Morgan fingerprint density at radius 1 is 1.18 bits per heavy atom. The van der Waals surface area contributed by atoms with Gasteiger partial charge in [0, 0.05) is 6.61 Å². The van der Waals surface area contributed by atoms with Gasteiger partial charge in [0.05, 0.1) is 6.54 Å². The number of aliphatic hydroxyl groups is 1. The molecule has 0 spiro atoms. The van der Waals surface area contributed by atoms with Crippen LogP contribution in [0.4, 0.5) is 0 Å². The average Bonchev–Trinajstić information content (AvgIpc) is 2.03. The van der Waals surface area contributed by atoms with Gasteiger partial charge in [0.1, 0.15) is 6.29 Å². The normalized spacial score (nSPS) is 9.91. The molecule has 0 rings (SSSR count). The van der Waals surface area contributed by atoms with Crippen molar-refractivity contribution >= 4 is 6.29 Å². The minimum atomic E-state index is 0.293. The lowest BCUT2D eigenvalue weighted by Gasteiger charge is -1.99. The summed E-state index contributed by atoms with van der Waals surface area (Å²) >= 11 is 0. The Labute approximate surface area is 67.8 Å². The van der Waals surface area contributed by atoms with E-state index in [9.17, 15) is 4.79 Å². The van der Waals surface area contributed by atoms with Crippen molar-refractivity contribution in [2.45, 2.75) is 25.7 Å². The highest BCUT2D eigenvalue weighted by atomic mass is 16.2. The summed E-state index contributed by atoms with van der Waals surface area (Å²) in [7, 11) is 0. The Balaban J connectivity index is 2.74. The molecule has 0 radical (unpaired) electrons. The van der Waals surface area contributed by atoms with Crippen molar-refractivity contribution in [2.75, 3.05) is 19.7 Å². The molecule has 3 heteroatoms. The summed E-state index contributed by atoms with van der Waals surface area (Å²) in [6, 6.07) is 0. The fourth-order valence-corrected chi connectivity index (χ4v) is 0.876. The number of nitrogens with one attached hydrogen (secondary N) is 1. The van der Waals surface area contributed by atoms with Crippen LogP contribution in [0, 0.1) is 0 Å². The molecular formula is C8H17NO2. The topological polar surface area (TPSA) is 49.3 Å². The van der Waals surface area contributed by atoms with Crippen molar-refractivity contribution in [3.05, 3.63) is 0 Å². The van der Waals surface area contributed by atoms with Gasteiger partial charge in [-0.3, -0.25) is 0 Å². The van der Waals surface area contributed by atoms with E-state index in [1.54, 1.807) is 0 Å². The summed E-state index contributed by atoms with van der Waals surface area (Å²) in [6.45, 7) is 1.66. The molecule has 2 N–H and O–H groups in total. The molecule has 0 aromatic carbocycles. The highest BCUT2D eigenvalue weighted by Crippen LogP contribution is 1.96. The summed E-state index contributed by atoms with van der Waals surface area (Å²) in [5.41, 5.74) is 0. The fourth-order valence-electron chi connectivity index (χ4n) is 0.876. The van der Waals surface area contributed by atoms with Crippen molar-refractivity contribution < 1.29 is 9.90 Å². The number of hydrogen-bond acceptors (Lipinski definition) is 3. The molecule has 0 aliphatic heterocycles. The molecule has 0 aromatic heterocycles. The summed E-state index contributed by atoms with van der Waals surface area (Å²) in [6.07, 6.45) is 5.07. The van der Waals surface area contributed by atoms with E-state index in [-0.39, 0.29) is 0 Å². The molecule has 0 aliphatic carbocycles. The maximum absolute atomic E-state index is 9.84. The monoisotopic (exact) mass is 159 g/mol. The van der Waals surface area contributed by atoms with Crippen LogP contribution in [-0.4, -0.2) is 31.1 Å². The smallest absolute Gasteiger partial charge is 0.133 e. The van der Waals surface area contributed by atoms with Gasteiger partial charge in [0.2, 0.25) is 0 Å². The van der Waals surface area contributed by atoms with Crippen LogP contribution in [0.3, 0.4) is 0 Å². The Hall–Kier alpha value is -0.410. The number of carbonyl (C=O) groups is 1. The van der Waals surface area contributed by atoms with E-state index in [1.165, 1.54) is 0 Å². The molecule has 3 nitrogen and oxygen atoms in total. The van der Waals surface area contributed by atoms with Crippen LogP contribution < -0.4 is 5.32 Å². The third-order valence-corrected chi connectivity index (χ3v) is 1.49. The number of aldehydes is 1. The van der Waals surface area contributed by atoms with Gasteiger partial charge in [-0.15, -0.1) is 0 Å². The van der Waals surface area contributed by atoms with E-state index in [2.05, 4.69) is 5.32 Å². The Kier molecular flexibility index (Phi) is 9.23. The lowest BCUT2D eigenvalue weighted by Crippen LogP contribution is -2.17. The predicted molar refractivity (Wildman–Crippen MR) is 44.5 cm³/mol. The van der Waals surface area contributed by atoms with E-state index in [1.807, 2.05) is 0 Å². The first kappa shape index (κ1) is 10.6. The lowest BCUT2D eigenvalue weighted by atomic mass is 10.2. The second-order valence-corrected chi connectivity index (χ2v) is 2.51. The summed E-state index contributed by atoms with van der Waals surface area (Å²) in [4.78, 5) is 9.84. The first-order valence-corrected chi connectivity index (χ1v) is 4.17. The summed E-state index contributed by atoms with van der Waals surface area (Å²) in [5.74, 6) is 0. The molecule has 0 aromatic rings. The SMILES string of the molecule is O=CCNCCCCCCO. The van der Waals surface area contributed by atoms with Gasteiger partial charge in [-0.1, -0.05) is 12.8 Å². The average molecular weight is 159 g/mol. The van der Waals surface area contributed by atoms with Gasteiger partial charge in [0.15, 0.2) is 0 Å². The zero-order valence-corrected chi connectivity index (χ0v) is 6.88. The third-order valence-electron chi connectivity index (χ3n) is 1.49. The lowest BCUT2D eigenvalue weighted by molar-refractivity contribution is -0.107. The first-order chi connectivity index (χ1) is 5.41. The van der Waals surface area contributed by atoms with Crippen molar-refractivity contribution in [2.24, 2.45) is 0 Å². The molecule has 0 bridgehead atoms. The molecule has 0 unspecified atom stereocenters. The Morgan fingerprint density at radius 2 is 1.91 bits per heavy atom. The fraction of sp³-hybridized carbons (Fsp3) is 0.875. The summed E-state index contributed by atoms with van der Waals surface area (Å²) < 4.78 is 0. The minimum Gasteiger partial charge on any atom is -0.396 e. The largest absolute Gasteiger partial charge is 0.396 e. The van der Waals surface area contributed by atoms with Crippen molar-refractivity contribution in [1.82, 2.24) is 5.32 Å². The predicted octanol–water partition coefficient (Wildman–Crippen LogP) is 0.328. The molecule has 0 atom stereocenters. The van der Waals surface area contributed by atoms with Gasteiger partial charge >= 0.3 is 0 Å². The minimum absolute atomic E-state index is 0.293. The van der Waals surface area contributed by atoms with Crippen LogP contribution in [0.2, 0.25) is 0 Å². The molecule has 0 heterocycles. The van der Waals surface area contributed by atoms with Crippen LogP contribution in [0.25, 0.3) is 0 Å². The van der Waals surface area contributed by atoms with E-state index in [4.69, 9.17) is 5.11 Å². The molecule has 0 aliphatic rings. The zero-order chi connectivity index (χ0) is 8.36. The van der Waals surface area contributed by atoms with Crippen LogP contribution in [0.5, 0.6) is 0 Å². The van der Waals surface area contributed by atoms with E-state index in [0.29, 0.717) is 13.2 Å². The number of carbonyl (C=O) groups excluding carboxylic acids is 1. The van der Waals surface area contributed by atoms with E-state index < -0.39 is 0 Å². The van der Waals surface area contributed by atoms with Crippen molar-refractivity contribution in [3.63, 3.8) is 0 Å². The van der Waals surface area contributed by atoms with E-state index in [0.717, 1.165) is 38.5 Å². The number of hydrogen-bond donors (Lipinski definition) is 2. The second kappa shape index (κ2) is 9.59. The number of unbranched alkanes of at least 4 members (excludes halogenated alkanes) is 3. The van der Waals surface area contributed by atoms with Gasteiger partial charge in [-0.2, -0.15) is 0 Å². The van der Waals surface area contributed by atoms with E-state index >= 15 is 0 Å². The zero-order valence-electron chi connectivity index (χ0n) is 6.88. The van der Waals surface area contributed by atoms with Crippen LogP contribution in [-0.2, 0) is 4.79 Å². The molecule has 0 amide bonds. The highest BCUT2D eigenvalue weighted by molar-refractivity contribution is 5.51. The highest BCUT2D eigenvalue weighted by Gasteiger charge is 1.88. The Bertz CT molecular complexity index is 86.2. The van der Waals surface area contributed by atoms with Gasteiger partial charge in [-0.05, 0) is 19.4 Å². The van der Waals surface area contributed by atoms with Crippen LogP contribution >= 0.6 is 0 Å². The van der Waals surface area contributed by atoms with Crippen molar-refractivity contribution in [1.29, 1.82) is 0 Å². The van der Waals surface area contributed by atoms with Crippen LogP contribution in [0.15, 0.2) is 0 Å². The maximum Gasteiger partial charge on any atom is 0.133 e. The number of aliphatic hydroxyl groups excluding tert-OH is 1. The molecular weight excluding hydrogens is 142 g/mol. The quantitative estimate of drug-likeness (QED) is 0.396. The van der Waals surface area contributed by atoms with Crippen molar-refractivity contribution in [3.8, 4) is 0 Å². The van der Waals surface area contributed by atoms with Crippen LogP contribution in [0.1, 0.15) is 25.7 Å². The molecule has 11 heavy (non-hydrogen) atoms. The third kappa shape index (κ3) is 9.59. The molecule has 0 saturated heterocycles. The molecule has 66 valence electrons. The first-order valence-electron chi connectivity index (χ1n) is 4.17. The molecule has 0 fully saturated rings. The Morgan fingerprint density at radius 3 is 2.55 bits per heavy atom. The van der Waals surface area contributed by atoms with Gasteiger partial charge in [-0.25, -0.2) is 0 Å². The second-order valence-electron chi connectivity index (χ2n) is 2.51. The maximum atomic E-state index is 9.84.